The second-order valence-electron chi connectivity index (χ2n) is 4.87. The van der Waals surface area contributed by atoms with Gasteiger partial charge in [-0.25, -0.2) is 0 Å². The van der Waals surface area contributed by atoms with Gasteiger partial charge in [0.15, 0.2) is 0 Å². The highest BCUT2D eigenvalue weighted by molar-refractivity contribution is 5.92. The highest BCUT2D eigenvalue weighted by Crippen LogP contribution is 2.09. The van der Waals surface area contributed by atoms with E-state index in [9.17, 15) is 9.59 Å². The zero-order valence-electron chi connectivity index (χ0n) is 12.3. The van der Waals surface area contributed by atoms with E-state index in [1.54, 1.807) is 24.3 Å². The van der Waals surface area contributed by atoms with Crippen LogP contribution in [0.3, 0.4) is 0 Å². The number of hydrogen-bond donors (Lipinski definition) is 2. The molecular weight excluding hydrogens is 270 g/mol. The van der Waals surface area contributed by atoms with Gasteiger partial charge in [0.2, 0.25) is 5.91 Å². The first-order valence-electron chi connectivity index (χ1n) is 6.59. The fourth-order valence-corrected chi connectivity index (χ4v) is 1.79. The summed E-state index contributed by atoms with van der Waals surface area (Å²) in [5, 5.41) is 14.3. The molecule has 0 aliphatic carbocycles. The van der Waals surface area contributed by atoms with Crippen LogP contribution >= 0.6 is 0 Å². The summed E-state index contributed by atoms with van der Waals surface area (Å²) in [6, 6.07) is 8.08. The van der Waals surface area contributed by atoms with Crippen LogP contribution in [-0.2, 0) is 14.3 Å². The van der Waals surface area contributed by atoms with Crippen LogP contribution in [0.2, 0.25) is 0 Å². The molecule has 0 radical (unpaired) electrons. The predicted molar refractivity (Wildman–Crippen MR) is 78.4 cm³/mol. The van der Waals surface area contributed by atoms with Crippen molar-refractivity contribution in [1.82, 2.24) is 5.32 Å². The summed E-state index contributed by atoms with van der Waals surface area (Å²) in [5.74, 6) is -0.684. The van der Waals surface area contributed by atoms with Crippen molar-refractivity contribution in [2.24, 2.45) is 5.92 Å². The summed E-state index contributed by atoms with van der Waals surface area (Å²) in [5.41, 5.74) is 1.01. The van der Waals surface area contributed by atoms with Crippen LogP contribution < -0.4 is 10.6 Å². The van der Waals surface area contributed by atoms with Crippen molar-refractivity contribution < 1.29 is 14.3 Å². The third-order valence-corrected chi connectivity index (χ3v) is 2.88. The van der Waals surface area contributed by atoms with Gasteiger partial charge in [0.1, 0.15) is 6.04 Å². The highest BCUT2D eigenvalue weighted by atomic mass is 16.5. The van der Waals surface area contributed by atoms with E-state index in [1.807, 2.05) is 19.9 Å². The minimum absolute atomic E-state index is 0.00664. The van der Waals surface area contributed by atoms with Crippen molar-refractivity contribution in [1.29, 1.82) is 5.26 Å². The molecule has 0 fully saturated rings. The van der Waals surface area contributed by atoms with Gasteiger partial charge >= 0.3 is 5.97 Å². The largest absolute Gasteiger partial charge is 0.468 e. The summed E-state index contributed by atoms with van der Waals surface area (Å²) < 4.78 is 4.69. The number of hydrogen-bond acceptors (Lipinski definition) is 5. The van der Waals surface area contributed by atoms with Gasteiger partial charge in [-0.3, -0.25) is 14.9 Å². The highest BCUT2D eigenvalue weighted by Gasteiger charge is 2.23. The van der Waals surface area contributed by atoms with Gasteiger partial charge in [-0.1, -0.05) is 19.9 Å². The molecule has 6 nitrogen and oxygen atoms in total. The van der Waals surface area contributed by atoms with Crippen molar-refractivity contribution in [2.45, 2.75) is 19.9 Å². The molecule has 112 valence electrons. The molecule has 1 atom stereocenters. The van der Waals surface area contributed by atoms with E-state index in [0.717, 1.165) is 0 Å². The Kier molecular flexibility index (Phi) is 6.37. The second-order valence-corrected chi connectivity index (χ2v) is 4.87. The number of nitrogens with one attached hydrogen (secondary N) is 2. The SMILES string of the molecule is COC(=O)C(NCC(=O)Nc1cccc(C#N)c1)C(C)C. The number of amides is 1. The number of anilines is 1. The molecule has 1 aromatic rings. The maximum absolute atomic E-state index is 11.8. The average Bonchev–Trinajstić information content (AvgIpc) is 2.46. The van der Waals surface area contributed by atoms with E-state index in [4.69, 9.17) is 5.26 Å². The Morgan fingerprint density at radius 1 is 1.38 bits per heavy atom. The van der Waals surface area contributed by atoms with Crippen molar-refractivity contribution in [3.63, 3.8) is 0 Å². The number of nitriles is 1. The van der Waals surface area contributed by atoms with E-state index in [0.29, 0.717) is 11.3 Å². The number of rotatable bonds is 6. The van der Waals surface area contributed by atoms with E-state index in [2.05, 4.69) is 15.4 Å². The normalized spacial score (nSPS) is 11.6. The molecule has 1 rings (SSSR count). The van der Waals surface area contributed by atoms with Crippen LogP contribution in [0.15, 0.2) is 24.3 Å². The van der Waals surface area contributed by atoms with E-state index in [1.165, 1.54) is 7.11 Å². The number of esters is 1. The lowest BCUT2D eigenvalue weighted by molar-refractivity contribution is -0.144. The van der Waals surface area contributed by atoms with E-state index < -0.39 is 12.0 Å². The molecular formula is C15H19N3O3. The van der Waals surface area contributed by atoms with Crippen molar-refractivity contribution in [3.05, 3.63) is 29.8 Å². The van der Waals surface area contributed by atoms with Gasteiger partial charge in [-0.15, -0.1) is 0 Å². The van der Waals surface area contributed by atoms with Gasteiger partial charge in [-0.05, 0) is 24.1 Å². The Morgan fingerprint density at radius 3 is 2.67 bits per heavy atom. The summed E-state index contributed by atoms with van der Waals surface area (Å²) in [6.45, 7) is 3.71. The first-order chi connectivity index (χ1) is 9.97. The van der Waals surface area contributed by atoms with Gasteiger partial charge in [0.05, 0.1) is 25.3 Å². The Morgan fingerprint density at radius 2 is 2.10 bits per heavy atom. The molecule has 21 heavy (non-hydrogen) atoms. The molecule has 0 bridgehead atoms. The summed E-state index contributed by atoms with van der Waals surface area (Å²) in [7, 11) is 1.31. The molecule has 1 amide bonds. The maximum atomic E-state index is 11.8. The minimum Gasteiger partial charge on any atom is -0.468 e. The van der Waals surface area contributed by atoms with Crippen LogP contribution in [0.25, 0.3) is 0 Å². The molecule has 0 aliphatic rings. The zero-order valence-corrected chi connectivity index (χ0v) is 12.3. The smallest absolute Gasteiger partial charge is 0.323 e. The number of methoxy groups -OCH3 is 1. The second kappa shape index (κ2) is 8.02. The molecule has 0 saturated heterocycles. The molecule has 1 unspecified atom stereocenters. The average molecular weight is 289 g/mol. The van der Waals surface area contributed by atoms with Crippen LogP contribution in [0.4, 0.5) is 5.69 Å². The Balaban J connectivity index is 2.57. The maximum Gasteiger partial charge on any atom is 0.323 e. The lowest BCUT2D eigenvalue weighted by Gasteiger charge is -2.19. The van der Waals surface area contributed by atoms with Crippen molar-refractivity contribution in [2.75, 3.05) is 19.0 Å². The van der Waals surface area contributed by atoms with Crippen LogP contribution in [0.1, 0.15) is 19.4 Å². The van der Waals surface area contributed by atoms with Crippen LogP contribution in [0.5, 0.6) is 0 Å². The Labute approximate surface area is 124 Å². The molecule has 2 N–H and O–H groups in total. The summed E-state index contributed by atoms with van der Waals surface area (Å²) >= 11 is 0. The van der Waals surface area contributed by atoms with Crippen LogP contribution in [0, 0.1) is 17.2 Å². The molecule has 1 aromatic carbocycles. The molecule has 6 heteroatoms. The number of carbonyl (C=O) groups is 2. The van der Waals surface area contributed by atoms with Gasteiger partial charge < -0.3 is 10.1 Å². The minimum atomic E-state index is -0.536. The van der Waals surface area contributed by atoms with Gasteiger partial charge in [0.25, 0.3) is 0 Å². The lowest BCUT2D eigenvalue weighted by atomic mass is 10.0. The number of ether oxygens (including phenoxy) is 1. The van der Waals surface area contributed by atoms with Gasteiger partial charge in [0, 0.05) is 5.69 Å². The summed E-state index contributed by atoms with van der Waals surface area (Å²) in [6.07, 6.45) is 0. The molecule has 0 spiro atoms. The van der Waals surface area contributed by atoms with Gasteiger partial charge in [-0.2, -0.15) is 5.26 Å². The molecule has 0 saturated carbocycles. The first-order valence-corrected chi connectivity index (χ1v) is 6.59. The van der Waals surface area contributed by atoms with Crippen LogP contribution in [-0.4, -0.2) is 31.6 Å². The molecule has 0 heterocycles. The number of carbonyl (C=O) groups excluding carboxylic acids is 2. The fraction of sp³-hybridized carbons (Fsp3) is 0.400. The standard InChI is InChI=1S/C15H19N3O3/c1-10(2)14(15(20)21-3)17-9-13(19)18-12-6-4-5-11(7-12)8-16/h4-7,10,14,17H,9H2,1-3H3,(H,18,19). The lowest BCUT2D eigenvalue weighted by Crippen LogP contribution is -2.45. The van der Waals surface area contributed by atoms with Crippen molar-refractivity contribution in [3.8, 4) is 6.07 Å². The topological polar surface area (TPSA) is 91.2 Å². The monoisotopic (exact) mass is 289 g/mol. The van der Waals surface area contributed by atoms with E-state index >= 15 is 0 Å². The van der Waals surface area contributed by atoms with Crippen molar-refractivity contribution >= 4 is 17.6 Å². The third kappa shape index (κ3) is 5.24. The quantitative estimate of drug-likeness (QED) is 0.770. The fourth-order valence-electron chi connectivity index (χ4n) is 1.79. The first kappa shape index (κ1) is 16.7. The van der Waals surface area contributed by atoms with E-state index in [-0.39, 0.29) is 18.4 Å². The zero-order chi connectivity index (χ0) is 15.8. The third-order valence-electron chi connectivity index (χ3n) is 2.88. The number of benzene rings is 1. The molecule has 0 aliphatic heterocycles. The Hall–Kier alpha value is -2.39. The molecule has 0 aromatic heterocycles. The predicted octanol–water partition coefficient (Wildman–Crippen LogP) is 1.28. The Bertz CT molecular complexity index is 549. The number of nitrogens with zero attached hydrogens (tertiary/aromatic N) is 1. The summed E-state index contributed by atoms with van der Waals surface area (Å²) in [4.78, 5) is 23.4.